The van der Waals surface area contributed by atoms with Gasteiger partial charge in [-0.05, 0) is 38.0 Å². The average molecular weight is 224 g/mol. The third-order valence-corrected chi connectivity index (χ3v) is 3.72. The van der Waals surface area contributed by atoms with E-state index in [9.17, 15) is 9.59 Å². The average Bonchev–Trinajstić information content (AvgIpc) is 2.75. The fourth-order valence-electron chi connectivity index (χ4n) is 2.91. The third-order valence-electron chi connectivity index (χ3n) is 3.72. The van der Waals surface area contributed by atoms with Gasteiger partial charge in [-0.1, -0.05) is 6.58 Å². The van der Waals surface area contributed by atoms with Gasteiger partial charge in [0.15, 0.2) is 0 Å². The molecule has 2 saturated carbocycles. The van der Waals surface area contributed by atoms with Crippen LogP contribution in [0, 0.1) is 17.8 Å². The zero-order valence-electron chi connectivity index (χ0n) is 9.31. The van der Waals surface area contributed by atoms with E-state index >= 15 is 0 Å². The lowest BCUT2D eigenvalue weighted by Crippen LogP contribution is -2.30. The van der Waals surface area contributed by atoms with Crippen molar-refractivity contribution in [2.75, 3.05) is 0 Å². The Hall–Kier alpha value is -1.32. The monoisotopic (exact) mass is 224 g/mol. The molecular weight excluding hydrogens is 208 g/mol. The molecule has 0 aliphatic heterocycles. The zero-order chi connectivity index (χ0) is 11.9. The van der Waals surface area contributed by atoms with Crippen LogP contribution in [0.1, 0.15) is 26.2 Å². The zero-order valence-corrected chi connectivity index (χ0v) is 9.31. The van der Waals surface area contributed by atoms with E-state index in [0.717, 1.165) is 6.42 Å². The molecule has 2 aliphatic carbocycles. The second-order valence-electron chi connectivity index (χ2n) is 4.90. The molecule has 0 spiro atoms. The maximum atomic E-state index is 11.4. The molecule has 88 valence electrons. The van der Waals surface area contributed by atoms with Crippen molar-refractivity contribution in [3.8, 4) is 0 Å². The molecule has 0 saturated heterocycles. The van der Waals surface area contributed by atoms with Crippen LogP contribution in [0.5, 0.6) is 0 Å². The lowest BCUT2D eigenvalue weighted by Gasteiger charge is -2.25. The van der Waals surface area contributed by atoms with Gasteiger partial charge in [0.1, 0.15) is 6.10 Å². The van der Waals surface area contributed by atoms with Crippen LogP contribution >= 0.6 is 0 Å². The number of carbonyl (C=O) groups is 2. The number of carboxylic acid groups (broad SMARTS) is 1. The summed E-state index contributed by atoms with van der Waals surface area (Å²) in [7, 11) is 0. The number of esters is 1. The van der Waals surface area contributed by atoms with E-state index in [2.05, 4.69) is 6.58 Å². The predicted octanol–water partition coefficient (Wildman–Crippen LogP) is 1.60. The molecule has 16 heavy (non-hydrogen) atoms. The highest BCUT2D eigenvalue weighted by molar-refractivity contribution is 5.87. The molecular formula is C12H16O4. The first-order chi connectivity index (χ1) is 7.49. The van der Waals surface area contributed by atoms with E-state index in [1.807, 2.05) is 0 Å². The van der Waals surface area contributed by atoms with Gasteiger partial charge >= 0.3 is 11.9 Å². The Morgan fingerprint density at radius 1 is 1.25 bits per heavy atom. The van der Waals surface area contributed by atoms with Crippen molar-refractivity contribution in [2.24, 2.45) is 17.8 Å². The Labute approximate surface area is 94.3 Å². The van der Waals surface area contributed by atoms with Crippen molar-refractivity contribution in [1.82, 2.24) is 0 Å². The van der Waals surface area contributed by atoms with Crippen molar-refractivity contribution in [2.45, 2.75) is 32.3 Å². The van der Waals surface area contributed by atoms with Gasteiger partial charge < -0.3 is 9.84 Å². The fourth-order valence-corrected chi connectivity index (χ4v) is 2.91. The molecule has 2 fully saturated rings. The minimum atomic E-state index is -0.711. The number of ether oxygens (including phenoxy) is 1. The number of rotatable bonds is 3. The number of hydrogen-bond donors (Lipinski definition) is 1. The molecule has 2 aliphatic rings. The summed E-state index contributed by atoms with van der Waals surface area (Å²) in [5.74, 6) is -0.883. The summed E-state index contributed by atoms with van der Waals surface area (Å²) < 4.78 is 5.30. The topological polar surface area (TPSA) is 63.6 Å². The second-order valence-corrected chi connectivity index (χ2v) is 4.90. The highest BCUT2D eigenvalue weighted by Gasteiger charge is 2.50. The van der Waals surface area contributed by atoms with Crippen molar-refractivity contribution in [3.05, 3.63) is 12.2 Å². The van der Waals surface area contributed by atoms with Crippen molar-refractivity contribution in [1.29, 1.82) is 0 Å². The van der Waals surface area contributed by atoms with E-state index in [0.29, 0.717) is 18.4 Å². The first kappa shape index (κ1) is 11.2. The predicted molar refractivity (Wildman–Crippen MR) is 56.7 cm³/mol. The molecule has 0 aromatic heterocycles. The van der Waals surface area contributed by atoms with Crippen LogP contribution in [0.2, 0.25) is 0 Å². The lowest BCUT2D eigenvalue weighted by atomic mass is 9.87. The van der Waals surface area contributed by atoms with E-state index < -0.39 is 5.97 Å². The van der Waals surface area contributed by atoms with Crippen LogP contribution in [0.15, 0.2) is 12.2 Å². The molecule has 0 heterocycles. The third kappa shape index (κ3) is 1.84. The van der Waals surface area contributed by atoms with Crippen molar-refractivity contribution < 1.29 is 19.4 Å². The summed E-state index contributed by atoms with van der Waals surface area (Å²) in [5, 5.41) is 8.97. The first-order valence-corrected chi connectivity index (χ1v) is 5.58. The molecule has 0 amide bonds. The summed E-state index contributed by atoms with van der Waals surface area (Å²) in [5.41, 5.74) is 0.401. The highest BCUT2D eigenvalue weighted by Crippen LogP contribution is 2.49. The van der Waals surface area contributed by atoms with Crippen molar-refractivity contribution >= 4 is 11.9 Å². The number of fused-ring (bicyclic) bond motifs is 2. The highest BCUT2D eigenvalue weighted by atomic mass is 16.5. The van der Waals surface area contributed by atoms with Crippen LogP contribution in [-0.4, -0.2) is 23.1 Å². The quantitative estimate of drug-likeness (QED) is 0.584. The molecule has 4 heteroatoms. The smallest absolute Gasteiger partial charge is 0.333 e. The lowest BCUT2D eigenvalue weighted by molar-refractivity contribution is -0.149. The largest absolute Gasteiger partial charge is 0.481 e. The summed E-state index contributed by atoms with van der Waals surface area (Å²) >= 11 is 0. The minimum Gasteiger partial charge on any atom is -0.481 e. The Kier molecular flexibility index (Phi) is 2.74. The number of hydrogen-bond acceptors (Lipinski definition) is 3. The van der Waals surface area contributed by atoms with E-state index in [4.69, 9.17) is 9.84 Å². The summed E-state index contributed by atoms with van der Waals surface area (Å²) in [4.78, 5) is 22.3. The van der Waals surface area contributed by atoms with Gasteiger partial charge in [-0.3, -0.25) is 4.79 Å². The molecule has 0 radical (unpaired) electrons. The Bertz CT molecular complexity index is 347. The van der Waals surface area contributed by atoms with Crippen LogP contribution in [0.3, 0.4) is 0 Å². The minimum absolute atomic E-state index is 0.0928. The van der Waals surface area contributed by atoms with Gasteiger partial charge in [-0.15, -0.1) is 0 Å². The molecule has 4 nitrogen and oxygen atoms in total. The van der Waals surface area contributed by atoms with Crippen molar-refractivity contribution in [3.63, 3.8) is 0 Å². The van der Waals surface area contributed by atoms with Gasteiger partial charge in [0.05, 0.1) is 5.92 Å². The maximum absolute atomic E-state index is 11.4. The maximum Gasteiger partial charge on any atom is 0.333 e. The SMILES string of the molecule is C=C(C)C(=O)OC1CC2CC1CC2C(=O)O. The van der Waals surface area contributed by atoms with Gasteiger partial charge in [0.2, 0.25) is 0 Å². The number of carboxylic acids is 1. The van der Waals surface area contributed by atoms with Gasteiger partial charge in [-0.2, -0.15) is 0 Å². The van der Waals surface area contributed by atoms with Gasteiger partial charge in [-0.25, -0.2) is 4.79 Å². The Balaban J connectivity index is 1.93. The summed E-state index contributed by atoms with van der Waals surface area (Å²) in [6.07, 6.45) is 2.13. The van der Waals surface area contributed by atoms with E-state index in [1.54, 1.807) is 6.92 Å². The van der Waals surface area contributed by atoms with Gasteiger partial charge in [0, 0.05) is 5.57 Å². The van der Waals surface area contributed by atoms with Crippen LogP contribution in [-0.2, 0) is 14.3 Å². The Morgan fingerprint density at radius 2 is 1.94 bits per heavy atom. The molecule has 0 aromatic rings. The molecule has 1 N–H and O–H groups in total. The molecule has 2 rings (SSSR count). The molecule has 4 unspecified atom stereocenters. The fraction of sp³-hybridized carbons (Fsp3) is 0.667. The van der Waals surface area contributed by atoms with Gasteiger partial charge in [0.25, 0.3) is 0 Å². The van der Waals surface area contributed by atoms with E-state index in [1.165, 1.54) is 0 Å². The molecule has 2 bridgehead atoms. The molecule has 0 aromatic carbocycles. The summed E-state index contributed by atoms with van der Waals surface area (Å²) in [6, 6.07) is 0. The standard InChI is InChI=1S/C12H16O4/c1-6(2)12(15)16-10-5-7-3-8(10)4-9(7)11(13)14/h7-10H,1,3-5H2,2H3,(H,13,14). The van der Waals surface area contributed by atoms with E-state index in [-0.39, 0.29) is 29.8 Å². The normalized spacial score (nSPS) is 36.1. The first-order valence-electron chi connectivity index (χ1n) is 5.58. The molecule has 4 atom stereocenters. The second kappa shape index (κ2) is 3.92. The number of carbonyl (C=O) groups excluding carboxylic acids is 1. The summed E-state index contributed by atoms with van der Waals surface area (Å²) in [6.45, 7) is 5.15. The number of aliphatic carboxylic acids is 1. The van der Waals surface area contributed by atoms with Crippen LogP contribution in [0.4, 0.5) is 0 Å². The van der Waals surface area contributed by atoms with Crippen LogP contribution < -0.4 is 0 Å². The van der Waals surface area contributed by atoms with Crippen LogP contribution in [0.25, 0.3) is 0 Å². The Morgan fingerprint density at radius 3 is 2.38 bits per heavy atom.